The molecule has 0 bridgehead atoms. The summed E-state index contributed by atoms with van der Waals surface area (Å²) in [4.78, 5) is 4.48. The first-order chi connectivity index (χ1) is 18.8. The van der Waals surface area contributed by atoms with Gasteiger partial charge < -0.3 is 15.2 Å². The maximum Gasteiger partial charge on any atom is 0.0651 e. The topological polar surface area (TPSA) is 53.4 Å². The number of nitrogens with zero attached hydrogens (tertiary/aromatic N) is 1. The predicted octanol–water partition coefficient (Wildman–Crippen LogP) is 8.93. The summed E-state index contributed by atoms with van der Waals surface area (Å²) < 4.78 is 0. The molecule has 4 heteroatoms. The Morgan fingerprint density at radius 1 is 0.825 bits per heavy atom. The van der Waals surface area contributed by atoms with Gasteiger partial charge in [0.05, 0.1) is 12.2 Å². The van der Waals surface area contributed by atoms with E-state index in [0.717, 1.165) is 49.8 Å². The molecule has 3 nitrogen and oxygen atoms in total. The number of rotatable bonds is 5. The SMILES string of the molecule is CCC1(CC)CCCC2CCCC(CC)(CC)C(O)C2C1O.Cc1ccc2cnc(-c3[c-]cccc3)cc2c1.[Ir]. The standard InChI is InChI=1S/C20H38O2.C16H12N.Ir/c1-5-19(6-2)13-9-11-15-12-10-14-20(7-3,8-4)18(22)16(15)17(19)21;1-12-7-8-14-11-17-16(10-15(14)9-12)13-5-3-2-4-6-13;/h15-18,21-22H,5-14H2,1-4H3;2-5,7-11H,1H3;/q;-1;. The van der Waals surface area contributed by atoms with Crippen molar-refractivity contribution in [3.05, 3.63) is 66.4 Å². The molecule has 3 aromatic rings. The van der Waals surface area contributed by atoms with Gasteiger partial charge in [-0.25, -0.2) is 0 Å². The van der Waals surface area contributed by atoms with Gasteiger partial charge in [-0.1, -0.05) is 70.4 Å². The molecule has 2 unspecified atom stereocenters. The fourth-order valence-electron chi connectivity index (χ4n) is 7.77. The smallest absolute Gasteiger partial charge is 0.0651 e. The average Bonchev–Trinajstić information content (AvgIpc) is 3.20. The zero-order chi connectivity index (χ0) is 28.0. The summed E-state index contributed by atoms with van der Waals surface area (Å²) in [5, 5.41) is 25.1. The minimum absolute atomic E-state index is 0. The zero-order valence-electron chi connectivity index (χ0n) is 25.3. The number of pyridine rings is 1. The second-order valence-corrected chi connectivity index (χ2v) is 12.3. The molecule has 0 amide bonds. The van der Waals surface area contributed by atoms with Crippen molar-refractivity contribution >= 4 is 10.8 Å². The van der Waals surface area contributed by atoms with Gasteiger partial charge in [-0.15, -0.1) is 35.9 Å². The Morgan fingerprint density at radius 2 is 1.43 bits per heavy atom. The van der Waals surface area contributed by atoms with Gasteiger partial charge in [0.1, 0.15) is 0 Å². The Morgan fingerprint density at radius 3 is 1.95 bits per heavy atom. The van der Waals surface area contributed by atoms with Crippen LogP contribution in [0.4, 0.5) is 0 Å². The average molecular weight is 721 g/mol. The third kappa shape index (κ3) is 6.73. The van der Waals surface area contributed by atoms with Crippen LogP contribution >= 0.6 is 0 Å². The number of hydrogen-bond donors (Lipinski definition) is 2. The van der Waals surface area contributed by atoms with Gasteiger partial charge in [-0.3, -0.25) is 0 Å². The Hall–Kier alpha value is -1.58. The summed E-state index contributed by atoms with van der Waals surface area (Å²) in [5.41, 5.74) is 3.34. The Bertz CT molecular complexity index is 1160. The van der Waals surface area contributed by atoms with Gasteiger partial charge in [0.2, 0.25) is 0 Å². The van der Waals surface area contributed by atoms with Crippen LogP contribution in [0.2, 0.25) is 0 Å². The summed E-state index contributed by atoms with van der Waals surface area (Å²) >= 11 is 0. The first kappa shape index (κ1) is 32.9. The van der Waals surface area contributed by atoms with E-state index in [2.05, 4.69) is 69.9 Å². The molecule has 221 valence electrons. The molecule has 1 aromatic heterocycles. The van der Waals surface area contributed by atoms with Crippen LogP contribution in [0.1, 0.15) is 97.5 Å². The first-order valence-corrected chi connectivity index (χ1v) is 15.5. The van der Waals surface area contributed by atoms with Crippen molar-refractivity contribution in [2.45, 2.75) is 111 Å². The van der Waals surface area contributed by atoms with E-state index in [1.807, 2.05) is 30.5 Å². The molecule has 1 heterocycles. The summed E-state index contributed by atoms with van der Waals surface area (Å²) in [6.45, 7) is 11.0. The van der Waals surface area contributed by atoms with E-state index in [-0.39, 0.29) is 49.1 Å². The van der Waals surface area contributed by atoms with Crippen molar-refractivity contribution in [2.24, 2.45) is 22.7 Å². The minimum Gasteiger partial charge on any atom is -0.392 e. The number of aliphatic hydroxyl groups is 2. The van der Waals surface area contributed by atoms with E-state index in [4.69, 9.17) is 0 Å². The van der Waals surface area contributed by atoms with Crippen molar-refractivity contribution in [1.82, 2.24) is 4.98 Å². The van der Waals surface area contributed by atoms with E-state index in [0.29, 0.717) is 5.92 Å². The molecular formula is C36H50IrNO2-. The maximum atomic E-state index is 11.4. The Kier molecular flexibility index (Phi) is 12.0. The Balaban J connectivity index is 0.000000221. The van der Waals surface area contributed by atoms with Crippen molar-refractivity contribution in [1.29, 1.82) is 0 Å². The van der Waals surface area contributed by atoms with Gasteiger partial charge in [0, 0.05) is 32.2 Å². The predicted molar refractivity (Wildman–Crippen MR) is 163 cm³/mol. The molecule has 2 saturated carbocycles. The van der Waals surface area contributed by atoms with Crippen LogP contribution in [0.3, 0.4) is 0 Å². The molecule has 2 aliphatic carbocycles. The molecule has 2 aliphatic rings. The van der Waals surface area contributed by atoms with Crippen molar-refractivity contribution in [3.8, 4) is 11.3 Å². The monoisotopic (exact) mass is 721 g/mol. The fourth-order valence-corrected chi connectivity index (χ4v) is 7.77. The number of hydrogen-bond acceptors (Lipinski definition) is 3. The van der Waals surface area contributed by atoms with E-state index in [1.54, 1.807) is 0 Å². The van der Waals surface area contributed by atoms with Crippen LogP contribution in [-0.2, 0) is 20.1 Å². The van der Waals surface area contributed by atoms with Crippen LogP contribution in [0.5, 0.6) is 0 Å². The molecule has 2 aromatic carbocycles. The van der Waals surface area contributed by atoms with Crippen molar-refractivity contribution in [2.75, 3.05) is 0 Å². The third-order valence-electron chi connectivity index (χ3n) is 10.7. The second kappa shape index (κ2) is 14.5. The first-order valence-electron chi connectivity index (χ1n) is 15.5. The summed E-state index contributed by atoms with van der Waals surface area (Å²) in [6, 6.07) is 19.6. The summed E-state index contributed by atoms with van der Waals surface area (Å²) in [6.07, 6.45) is 12.5. The van der Waals surface area contributed by atoms with E-state index >= 15 is 0 Å². The van der Waals surface area contributed by atoms with E-state index in [1.165, 1.54) is 42.0 Å². The van der Waals surface area contributed by atoms with Crippen LogP contribution in [0.25, 0.3) is 22.0 Å². The fraction of sp³-hybridized carbons (Fsp3) is 0.583. The van der Waals surface area contributed by atoms with Gasteiger partial charge in [0.25, 0.3) is 0 Å². The molecule has 2 fully saturated rings. The molecule has 40 heavy (non-hydrogen) atoms. The molecule has 2 atom stereocenters. The van der Waals surface area contributed by atoms with Gasteiger partial charge in [-0.2, -0.15) is 0 Å². The van der Waals surface area contributed by atoms with Crippen molar-refractivity contribution < 1.29 is 30.3 Å². The number of aliphatic hydroxyl groups excluding tert-OH is 2. The number of aryl methyl sites for hydroxylation is 1. The summed E-state index contributed by atoms with van der Waals surface area (Å²) in [7, 11) is 0. The number of fused-ring (bicyclic) bond motifs is 2. The largest absolute Gasteiger partial charge is 0.392 e. The van der Waals surface area contributed by atoms with Gasteiger partial charge >= 0.3 is 0 Å². The molecule has 2 N–H and O–H groups in total. The molecule has 1 radical (unpaired) electrons. The second-order valence-electron chi connectivity index (χ2n) is 12.3. The van der Waals surface area contributed by atoms with Crippen LogP contribution < -0.4 is 0 Å². The normalized spacial score (nSPS) is 25.4. The third-order valence-corrected chi connectivity index (χ3v) is 10.7. The van der Waals surface area contributed by atoms with E-state index in [9.17, 15) is 10.2 Å². The molecule has 0 spiro atoms. The van der Waals surface area contributed by atoms with Gasteiger partial charge in [0.15, 0.2) is 0 Å². The molecule has 0 aliphatic heterocycles. The Labute approximate surface area is 256 Å². The van der Waals surface area contributed by atoms with Crippen LogP contribution in [-0.4, -0.2) is 27.4 Å². The van der Waals surface area contributed by atoms with Gasteiger partial charge in [-0.05, 0) is 91.5 Å². The van der Waals surface area contributed by atoms with Crippen molar-refractivity contribution in [3.63, 3.8) is 0 Å². The minimum atomic E-state index is -0.333. The van der Waals surface area contributed by atoms with Crippen LogP contribution in [0.15, 0.2) is 54.7 Å². The molecule has 5 rings (SSSR count). The quantitative estimate of drug-likeness (QED) is 0.259. The molecule has 0 saturated heterocycles. The number of benzene rings is 2. The van der Waals surface area contributed by atoms with Crippen LogP contribution in [0, 0.1) is 35.7 Å². The summed E-state index contributed by atoms with van der Waals surface area (Å²) in [5.74, 6) is 0.606. The zero-order valence-corrected chi connectivity index (χ0v) is 27.6. The van der Waals surface area contributed by atoms with E-state index < -0.39 is 0 Å². The maximum absolute atomic E-state index is 11.4. The molecular weight excluding hydrogens is 671 g/mol. The number of aromatic nitrogens is 1.